The van der Waals surface area contributed by atoms with Crippen molar-refractivity contribution in [2.75, 3.05) is 25.6 Å². The molecule has 0 bridgehead atoms. The highest BCUT2D eigenvalue weighted by Gasteiger charge is 2.17. The molecule has 0 saturated carbocycles. The van der Waals surface area contributed by atoms with Gasteiger partial charge in [-0.15, -0.1) is 0 Å². The van der Waals surface area contributed by atoms with Crippen LogP contribution >= 0.6 is 15.9 Å². The molecule has 1 heterocycles. The molecule has 0 aliphatic heterocycles. The molecule has 4 nitrogen and oxygen atoms in total. The maximum absolute atomic E-state index is 5.08. The Morgan fingerprint density at radius 1 is 1.38 bits per heavy atom. The van der Waals surface area contributed by atoms with Crippen LogP contribution in [-0.2, 0) is 4.74 Å². The van der Waals surface area contributed by atoms with Gasteiger partial charge in [-0.05, 0) is 27.8 Å². The first kappa shape index (κ1) is 13.4. The summed E-state index contributed by atoms with van der Waals surface area (Å²) < 4.78 is 5.97. The first-order valence-electron chi connectivity index (χ1n) is 5.24. The summed E-state index contributed by atoms with van der Waals surface area (Å²) >= 11 is 3.30. The topological polar surface area (TPSA) is 47.0 Å². The molecule has 16 heavy (non-hydrogen) atoms. The summed E-state index contributed by atoms with van der Waals surface area (Å²) in [6, 6.07) is 0. The summed E-state index contributed by atoms with van der Waals surface area (Å²) in [5, 5.41) is 3.22. The van der Waals surface area contributed by atoms with Crippen molar-refractivity contribution in [2.45, 2.75) is 20.3 Å². The van der Waals surface area contributed by atoms with Gasteiger partial charge in [0.15, 0.2) is 0 Å². The predicted molar refractivity (Wildman–Crippen MR) is 68.5 cm³/mol. The lowest BCUT2D eigenvalue weighted by atomic mass is 9.90. The average molecular weight is 288 g/mol. The van der Waals surface area contributed by atoms with Crippen LogP contribution in [0, 0.1) is 5.41 Å². The van der Waals surface area contributed by atoms with Gasteiger partial charge < -0.3 is 10.1 Å². The number of ether oxygens (including phenoxy) is 1. The van der Waals surface area contributed by atoms with Crippen LogP contribution in [0.25, 0.3) is 0 Å². The lowest BCUT2D eigenvalue weighted by Gasteiger charge is -2.24. The molecule has 5 heteroatoms. The van der Waals surface area contributed by atoms with E-state index < -0.39 is 0 Å². The van der Waals surface area contributed by atoms with Crippen LogP contribution < -0.4 is 5.32 Å². The van der Waals surface area contributed by atoms with Gasteiger partial charge in [-0.1, -0.05) is 13.8 Å². The second-order valence-corrected chi connectivity index (χ2v) is 5.40. The van der Waals surface area contributed by atoms with Crippen molar-refractivity contribution >= 4 is 21.9 Å². The lowest BCUT2D eigenvalue weighted by molar-refractivity contribution is 0.157. The van der Waals surface area contributed by atoms with Crippen LogP contribution in [0.2, 0.25) is 0 Å². The van der Waals surface area contributed by atoms with E-state index in [0.717, 1.165) is 24.0 Å². The van der Waals surface area contributed by atoms with Crippen LogP contribution in [0.5, 0.6) is 0 Å². The second kappa shape index (κ2) is 6.15. The van der Waals surface area contributed by atoms with Gasteiger partial charge in [0.2, 0.25) is 5.95 Å². The largest absolute Gasteiger partial charge is 0.385 e. The van der Waals surface area contributed by atoms with E-state index in [0.29, 0.717) is 5.95 Å². The van der Waals surface area contributed by atoms with Crippen LogP contribution in [0.15, 0.2) is 16.9 Å². The molecule has 0 saturated heterocycles. The fourth-order valence-electron chi connectivity index (χ4n) is 1.19. The molecular formula is C11H18BrN3O. The maximum Gasteiger partial charge on any atom is 0.222 e. The number of aromatic nitrogens is 2. The first-order valence-corrected chi connectivity index (χ1v) is 6.03. The highest BCUT2D eigenvalue weighted by atomic mass is 79.9. The summed E-state index contributed by atoms with van der Waals surface area (Å²) in [6.45, 7) is 5.99. The standard InChI is InChI=1S/C11H18BrN3O/c1-11(2,4-5-16-3)8-15-10-13-6-9(12)7-14-10/h6-7H,4-5,8H2,1-3H3,(H,13,14,15). The quantitative estimate of drug-likeness (QED) is 0.874. The number of rotatable bonds is 6. The number of nitrogens with zero attached hydrogens (tertiary/aromatic N) is 2. The van der Waals surface area contributed by atoms with Crippen molar-refractivity contribution in [1.29, 1.82) is 0 Å². The Hall–Kier alpha value is -0.680. The Labute approximate surface area is 105 Å². The van der Waals surface area contributed by atoms with Gasteiger partial charge in [0.25, 0.3) is 0 Å². The van der Waals surface area contributed by atoms with Gasteiger partial charge >= 0.3 is 0 Å². The summed E-state index contributed by atoms with van der Waals surface area (Å²) in [4.78, 5) is 8.32. The monoisotopic (exact) mass is 287 g/mol. The molecule has 0 fully saturated rings. The number of halogens is 1. The summed E-state index contributed by atoms with van der Waals surface area (Å²) in [7, 11) is 1.72. The van der Waals surface area contributed by atoms with Crippen molar-refractivity contribution in [3.8, 4) is 0 Å². The molecular weight excluding hydrogens is 270 g/mol. The van der Waals surface area contributed by atoms with E-state index in [9.17, 15) is 0 Å². The van der Waals surface area contributed by atoms with Crippen molar-refractivity contribution in [3.63, 3.8) is 0 Å². The van der Waals surface area contributed by atoms with Gasteiger partial charge in [0, 0.05) is 32.7 Å². The Morgan fingerprint density at radius 3 is 2.56 bits per heavy atom. The molecule has 0 unspecified atom stereocenters. The van der Waals surface area contributed by atoms with E-state index in [1.54, 1.807) is 19.5 Å². The zero-order valence-corrected chi connectivity index (χ0v) is 11.5. The van der Waals surface area contributed by atoms with Gasteiger partial charge in [-0.2, -0.15) is 0 Å². The third kappa shape index (κ3) is 4.90. The smallest absolute Gasteiger partial charge is 0.222 e. The Morgan fingerprint density at radius 2 is 2.00 bits per heavy atom. The second-order valence-electron chi connectivity index (χ2n) is 4.49. The van der Waals surface area contributed by atoms with Gasteiger partial charge in [-0.25, -0.2) is 9.97 Å². The molecule has 0 atom stereocenters. The first-order chi connectivity index (χ1) is 7.53. The van der Waals surface area contributed by atoms with E-state index in [4.69, 9.17) is 4.74 Å². The van der Waals surface area contributed by atoms with Crippen molar-refractivity contribution in [1.82, 2.24) is 9.97 Å². The van der Waals surface area contributed by atoms with Crippen LogP contribution in [0.3, 0.4) is 0 Å². The van der Waals surface area contributed by atoms with E-state index in [1.807, 2.05) is 0 Å². The number of nitrogens with one attached hydrogen (secondary N) is 1. The summed E-state index contributed by atoms with van der Waals surface area (Å²) in [5.41, 5.74) is 0.173. The van der Waals surface area contributed by atoms with E-state index in [-0.39, 0.29) is 5.41 Å². The van der Waals surface area contributed by atoms with Gasteiger partial charge in [-0.3, -0.25) is 0 Å². The Kier molecular flexibility index (Phi) is 5.15. The molecule has 1 aromatic heterocycles. The van der Waals surface area contributed by atoms with Gasteiger partial charge in [0.05, 0.1) is 4.47 Å². The highest BCUT2D eigenvalue weighted by molar-refractivity contribution is 9.10. The number of anilines is 1. The fourth-order valence-corrected chi connectivity index (χ4v) is 1.39. The van der Waals surface area contributed by atoms with Crippen LogP contribution in [-0.4, -0.2) is 30.2 Å². The average Bonchev–Trinajstić information content (AvgIpc) is 2.26. The zero-order chi connectivity index (χ0) is 12.0. The molecule has 0 aromatic carbocycles. The van der Waals surface area contributed by atoms with E-state index >= 15 is 0 Å². The fraction of sp³-hybridized carbons (Fsp3) is 0.636. The number of hydrogen-bond acceptors (Lipinski definition) is 4. The van der Waals surface area contributed by atoms with Crippen LogP contribution in [0.1, 0.15) is 20.3 Å². The van der Waals surface area contributed by atoms with Crippen molar-refractivity contribution in [3.05, 3.63) is 16.9 Å². The zero-order valence-electron chi connectivity index (χ0n) is 9.96. The summed E-state index contributed by atoms with van der Waals surface area (Å²) in [6.07, 6.45) is 4.47. The SMILES string of the molecule is COCCC(C)(C)CNc1ncc(Br)cn1. The molecule has 0 radical (unpaired) electrons. The molecule has 0 spiro atoms. The maximum atomic E-state index is 5.08. The minimum atomic E-state index is 0.173. The predicted octanol–water partition coefficient (Wildman–Crippen LogP) is 2.71. The third-order valence-electron chi connectivity index (χ3n) is 2.33. The minimum absolute atomic E-state index is 0.173. The van der Waals surface area contributed by atoms with Crippen molar-refractivity contribution < 1.29 is 4.74 Å². The molecule has 90 valence electrons. The number of methoxy groups -OCH3 is 1. The summed E-state index contributed by atoms with van der Waals surface area (Å²) in [5.74, 6) is 0.661. The molecule has 0 aliphatic rings. The minimum Gasteiger partial charge on any atom is -0.385 e. The third-order valence-corrected chi connectivity index (χ3v) is 2.74. The van der Waals surface area contributed by atoms with Crippen LogP contribution in [0.4, 0.5) is 5.95 Å². The lowest BCUT2D eigenvalue weighted by Crippen LogP contribution is -2.25. The Bertz CT molecular complexity index is 314. The Balaban J connectivity index is 2.41. The van der Waals surface area contributed by atoms with Gasteiger partial charge in [0.1, 0.15) is 0 Å². The molecule has 0 aliphatic carbocycles. The normalized spacial score (nSPS) is 11.5. The highest BCUT2D eigenvalue weighted by Crippen LogP contribution is 2.20. The molecule has 0 amide bonds. The van der Waals surface area contributed by atoms with E-state index in [2.05, 4.69) is 45.1 Å². The number of hydrogen-bond donors (Lipinski definition) is 1. The molecule has 1 rings (SSSR count). The molecule has 1 aromatic rings. The van der Waals surface area contributed by atoms with E-state index in [1.165, 1.54) is 0 Å². The molecule has 1 N–H and O–H groups in total. The van der Waals surface area contributed by atoms with Crippen molar-refractivity contribution in [2.24, 2.45) is 5.41 Å².